The molecule has 7 heteroatoms. The summed E-state index contributed by atoms with van der Waals surface area (Å²) in [5.74, 6) is 0.165. The number of aryl methyl sites for hydroxylation is 4. The average Bonchev–Trinajstić information content (AvgIpc) is 3.18. The van der Waals surface area contributed by atoms with Crippen LogP contribution in [0.1, 0.15) is 44.8 Å². The van der Waals surface area contributed by atoms with Gasteiger partial charge in [-0.05, 0) is 92.6 Å². The maximum atomic E-state index is 13.8. The largest absolute Gasteiger partial charge is 0.293 e. The lowest BCUT2D eigenvalue weighted by Gasteiger charge is -2.14. The van der Waals surface area contributed by atoms with Crippen molar-refractivity contribution in [1.82, 2.24) is 9.55 Å². The van der Waals surface area contributed by atoms with E-state index in [1.54, 1.807) is 40.2 Å². The maximum absolute atomic E-state index is 13.8. The van der Waals surface area contributed by atoms with Crippen molar-refractivity contribution in [3.63, 3.8) is 0 Å². The quantitative estimate of drug-likeness (QED) is 0.179. The number of ketones is 1. The van der Waals surface area contributed by atoms with Gasteiger partial charge in [-0.1, -0.05) is 29.4 Å². The zero-order valence-electron chi connectivity index (χ0n) is 18.5. The monoisotopic (exact) mass is 494 g/mol. The third-order valence-corrected chi connectivity index (χ3v) is 8.58. The summed E-state index contributed by atoms with van der Waals surface area (Å²) >= 11 is 8.90. The number of aromatic nitrogens is 2. The number of thioether (sulfide) groups is 1. The molecule has 0 N–H and O–H groups in total. The number of fused-ring (bicyclic) bond motifs is 3. The summed E-state index contributed by atoms with van der Waals surface area (Å²) in [5, 5.41) is 1.90. The van der Waals surface area contributed by atoms with E-state index in [9.17, 15) is 9.59 Å². The number of hydrogen-bond acceptors (Lipinski definition) is 5. The predicted molar refractivity (Wildman–Crippen MR) is 138 cm³/mol. The lowest BCUT2D eigenvalue weighted by atomic mass is 9.97. The number of rotatable bonds is 5. The molecule has 0 bridgehead atoms. The van der Waals surface area contributed by atoms with Crippen LogP contribution in [0.2, 0.25) is 5.02 Å². The van der Waals surface area contributed by atoms with Gasteiger partial charge in [0.1, 0.15) is 4.83 Å². The summed E-state index contributed by atoms with van der Waals surface area (Å²) in [6.45, 7) is 4.10. The Morgan fingerprint density at radius 2 is 1.85 bits per heavy atom. The van der Waals surface area contributed by atoms with E-state index in [4.69, 9.17) is 16.6 Å². The summed E-state index contributed by atoms with van der Waals surface area (Å²) in [4.78, 5) is 33.6. The van der Waals surface area contributed by atoms with Crippen molar-refractivity contribution < 1.29 is 4.79 Å². The van der Waals surface area contributed by atoms with E-state index in [0.717, 1.165) is 47.2 Å². The van der Waals surface area contributed by atoms with Gasteiger partial charge in [-0.15, -0.1) is 11.3 Å². The van der Waals surface area contributed by atoms with E-state index < -0.39 is 0 Å². The normalized spacial score (nSPS) is 13.3. The molecule has 2 aromatic carbocycles. The summed E-state index contributed by atoms with van der Waals surface area (Å²) in [6, 6.07) is 12.9. The topological polar surface area (TPSA) is 52.0 Å². The molecule has 0 amide bonds. The number of halogens is 1. The van der Waals surface area contributed by atoms with Crippen LogP contribution in [-0.4, -0.2) is 21.1 Å². The van der Waals surface area contributed by atoms with Crippen LogP contribution in [-0.2, 0) is 12.8 Å². The van der Waals surface area contributed by atoms with Crippen molar-refractivity contribution in [2.75, 3.05) is 5.75 Å². The van der Waals surface area contributed by atoms with Gasteiger partial charge in [-0.3, -0.25) is 14.2 Å². The van der Waals surface area contributed by atoms with Crippen molar-refractivity contribution in [2.45, 2.75) is 44.7 Å². The van der Waals surface area contributed by atoms with E-state index in [0.29, 0.717) is 15.7 Å². The molecule has 1 aliphatic rings. The second kappa shape index (κ2) is 9.09. The van der Waals surface area contributed by atoms with Gasteiger partial charge in [0.05, 0.1) is 16.8 Å². The first-order valence-corrected chi connectivity index (χ1v) is 13.2. The van der Waals surface area contributed by atoms with Crippen LogP contribution in [0.5, 0.6) is 0 Å². The summed E-state index contributed by atoms with van der Waals surface area (Å²) in [6.07, 6.45) is 4.20. The molecule has 2 heterocycles. The minimum absolute atomic E-state index is 0.0249. The number of hydrogen-bond donors (Lipinski definition) is 0. The highest BCUT2D eigenvalue weighted by atomic mass is 35.5. The second-order valence-corrected chi connectivity index (χ2v) is 10.9. The van der Waals surface area contributed by atoms with E-state index >= 15 is 0 Å². The lowest BCUT2D eigenvalue weighted by molar-refractivity contribution is 0.102. The molecule has 168 valence electrons. The summed E-state index contributed by atoms with van der Waals surface area (Å²) in [7, 11) is 0. The number of carbonyl (C=O) groups is 1. The molecular formula is C26H23ClN2O2S2. The number of thiophene rings is 1. The second-order valence-electron chi connectivity index (χ2n) is 8.41. The molecular weight excluding hydrogens is 472 g/mol. The van der Waals surface area contributed by atoms with Gasteiger partial charge in [0.25, 0.3) is 5.56 Å². The lowest BCUT2D eigenvalue weighted by Crippen LogP contribution is -2.23. The molecule has 0 radical (unpaired) electrons. The third-order valence-electron chi connectivity index (χ3n) is 6.21. The van der Waals surface area contributed by atoms with Crippen LogP contribution in [0, 0.1) is 13.8 Å². The highest BCUT2D eigenvalue weighted by Crippen LogP contribution is 2.35. The maximum Gasteiger partial charge on any atom is 0.267 e. The molecule has 0 fully saturated rings. The zero-order valence-corrected chi connectivity index (χ0v) is 20.9. The Balaban J connectivity index is 1.61. The Hall–Kier alpha value is -2.41. The molecule has 0 aliphatic heterocycles. The van der Waals surface area contributed by atoms with Gasteiger partial charge in [-0.25, -0.2) is 4.98 Å². The van der Waals surface area contributed by atoms with Crippen LogP contribution in [0.15, 0.2) is 52.4 Å². The molecule has 1 aliphatic carbocycles. The first-order valence-electron chi connectivity index (χ1n) is 11.0. The Morgan fingerprint density at radius 1 is 1.09 bits per heavy atom. The fraction of sp³-hybridized carbons (Fsp3) is 0.269. The summed E-state index contributed by atoms with van der Waals surface area (Å²) < 4.78 is 1.69. The van der Waals surface area contributed by atoms with Crippen LogP contribution < -0.4 is 5.56 Å². The SMILES string of the molecule is Cc1ccc(-n2c(SCC(=O)c3ccc(Cl)cc3)nc3sc4c(c3c2=O)CCCC4)cc1C. The highest BCUT2D eigenvalue weighted by Gasteiger charge is 2.23. The number of benzene rings is 2. The van der Waals surface area contributed by atoms with E-state index in [2.05, 4.69) is 6.92 Å². The molecule has 0 atom stereocenters. The number of carbonyl (C=O) groups excluding carboxylic acids is 1. The molecule has 5 rings (SSSR count). The molecule has 0 saturated heterocycles. The highest BCUT2D eigenvalue weighted by molar-refractivity contribution is 7.99. The summed E-state index contributed by atoms with van der Waals surface area (Å²) in [5.41, 5.74) is 4.80. The van der Waals surface area contributed by atoms with Crippen LogP contribution in [0.3, 0.4) is 0 Å². The Kier molecular flexibility index (Phi) is 6.16. The van der Waals surface area contributed by atoms with Gasteiger partial charge in [-0.2, -0.15) is 0 Å². The molecule has 4 aromatic rings. The van der Waals surface area contributed by atoms with E-state index in [-0.39, 0.29) is 17.1 Å². The van der Waals surface area contributed by atoms with Crippen molar-refractivity contribution >= 4 is 50.7 Å². The number of Topliss-reactive ketones (excluding diaryl/α,β-unsaturated/α-hetero) is 1. The van der Waals surface area contributed by atoms with Crippen LogP contribution in [0.4, 0.5) is 0 Å². The van der Waals surface area contributed by atoms with Crippen LogP contribution in [0.25, 0.3) is 15.9 Å². The molecule has 4 nitrogen and oxygen atoms in total. The Morgan fingerprint density at radius 3 is 2.61 bits per heavy atom. The number of nitrogens with zero attached hydrogens (tertiary/aromatic N) is 2. The van der Waals surface area contributed by atoms with Crippen molar-refractivity contribution in [3.05, 3.63) is 85.0 Å². The van der Waals surface area contributed by atoms with E-state index in [1.807, 2.05) is 25.1 Å². The molecule has 2 aromatic heterocycles. The van der Waals surface area contributed by atoms with Gasteiger partial charge in [0.15, 0.2) is 10.9 Å². The molecule has 0 spiro atoms. The Labute approximate surface area is 205 Å². The van der Waals surface area contributed by atoms with Crippen LogP contribution >= 0.6 is 34.7 Å². The Bertz CT molecular complexity index is 1440. The van der Waals surface area contributed by atoms with Crippen molar-refractivity contribution in [2.24, 2.45) is 0 Å². The smallest absolute Gasteiger partial charge is 0.267 e. The minimum atomic E-state index is -0.0379. The molecule has 0 unspecified atom stereocenters. The standard InChI is InChI=1S/C26H23ClN2O2S2/c1-15-7-12-19(13-16(15)2)29-25(31)23-20-5-3-4-6-22(20)33-24(23)28-26(29)32-14-21(30)17-8-10-18(27)11-9-17/h7-13H,3-6,14H2,1-2H3. The van der Waals surface area contributed by atoms with Crippen molar-refractivity contribution in [3.8, 4) is 5.69 Å². The third kappa shape index (κ3) is 4.27. The van der Waals surface area contributed by atoms with Gasteiger partial charge in [0.2, 0.25) is 0 Å². The van der Waals surface area contributed by atoms with E-state index in [1.165, 1.54) is 27.8 Å². The van der Waals surface area contributed by atoms with Gasteiger partial charge in [0, 0.05) is 15.5 Å². The van der Waals surface area contributed by atoms with Crippen molar-refractivity contribution in [1.29, 1.82) is 0 Å². The average molecular weight is 495 g/mol. The molecule has 33 heavy (non-hydrogen) atoms. The fourth-order valence-corrected chi connectivity index (χ4v) is 6.56. The first kappa shape index (κ1) is 22.4. The van der Waals surface area contributed by atoms with Gasteiger partial charge >= 0.3 is 0 Å². The molecule has 0 saturated carbocycles. The fourth-order valence-electron chi connectivity index (χ4n) is 4.22. The zero-order chi connectivity index (χ0) is 23.1. The minimum Gasteiger partial charge on any atom is -0.293 e. The van der Waals surface area contributed by atoms with Gasteiger partial charge < -0.3 is 0 Å². The first-order chi connectivity index (χ1) is 15.9. The predicted octanol–water partition coefficient (Wildman–Crippen LogP) is 6.57.